The van der Waals surface area contributed by atoms with E-state index in [1.165, 1.54) is 24.3 Å². The fraction of sp³-hybridized carbons (Fsp3) is 0.304. The first kappa shape index (κ1) is 36.7. The molecular weight excluding hydrogens is 654 g/mol. The lowest BCUT2D eigenvalue weighted by atomic mass is 9.86. The van der Waals surface area contributed by atoms with Crippen LogP contribution in [-0.4, -0.2) is 23.4 Å². The summed E-state index contributed by atoms with van der Waals surface area (Å²) in [5, 5.41) is 27.8. The number of hydrogen-bond acceptors (Lipinski definition) is 4. The van der Waals surface area contributed by atoms with Crippen LogP contribution < -0.4 is 9.47 Å². The summed E-state index contributed by atoms with van der Waals surface area (Å²) in [7, 11) is 0. The largest absolute Gasteiger partial charge is 0.507 e. The van der Waals surface area contributed by atoms with Gasteiger partial charge in [0.1, 0.15) is 34.6 Å². The predicted molar refractivity (Wildman–Crippen MR) is 210 cm³/mol. The Bertz CT molecular complexity index is 2050. The first-order chi connectivity index (χ1) is 25.2. The van der Waals surface area contributed by atoms with Crippen molar-refractivity contribution in [3.63, 3.8) is 0 Å². The van der Waals surface area contributed by atoms with Gasteiger partial charge in [-0.3, -0.25) is 0 Å². The molecule has 0 heterocycles. The van der Waals surface area contributed by atoms with Gasteiger partial charge in [-0.25, -0.2) is 8.78 Å². The smallest absolute Gasteiger partial charge is 0.132 e. The van der Waals surface area contributed by atoms with Crippen LogP contribution in [0.3, 0.4) is 0 Å². The van der Waals surface area contributed by atoms with E-state index in [1.807, 2.05) is 60.7 Å². The van der Waals surface area contributed by atoms with Crippen molar-refractivity contribution < 1.29 is 28.5 Å². The van der Waals surface area contributed by atoms with Crippen LogP contribution in [0, 0.1) is 25.5 Å². The van der Waals surface area contributed by atoms with E-state index < -0.39 is 11.6 Å². The van der Waals surface area contributed by atoms with E-state index in [9.17, 15) is 10.2 Å². The van der Waals surface area contributed by atoms with Gasteiger partial charge < -0.3 is 19.7 Å². The SMILES string of the molecule is CCCCCCOc1c(C)cc(F)cc1-c1cc2ccccc2c(-c2c(O)c(-c3cc(F)cc(C)c3OCCCCCC)cc3ccccc23)c1O. The Morgan fingerprint density at radius 3 is 1.31 bits per heavy atom. The molecule has 6 aromatic rings. The number of aromatic hydroxyl groups is 2. The van der Waals surface area contributed by atoms with E-state index in [-0.39, 0.29) is 11.5 Å². The normalized spacial score (nSPS) is 11.4. The standard InChI is InChI=1S/C46H48F2O4/c1-5-7-9-15-21-51-45-29(3)23-33(47)27-39(45)37-25-31-17-11-13-19-35(31)41(43(37)49)42-36-20-14-12-18-32(36)26-38(44(42)50)40-28-34(48)24-30(4)46(40)52-22-16-10-8-6-2/h11-14,17-20,23-28,49-50H,5-10,15-16,21-22H2,1-4H3. The van der Waals surface area contributed by atoms with Gasteiger partial charge in [0.15, 0.2) is 0 Å². The van der Waals surface area contributed by atoms with Crippen molar-refractivity contribution in [1.82, 2.24) is 0 Å². The van der Waals surface area contributed by atoms with Crippen LogP contribution in [0.5, 0.6) is 23.0 Å². The lowest BCUT2D eigenvalue weighted by molar-refractivity contribution is 0.303. The Balaban J connectivity index is 1.60. The molecule has 0 atom stereocenters. The number of fused-ring (bicyclic) bond motifs is 2. The van der Waals surface area contributed by atoms with Crippen molar-refractivity contribution in [2.24, 2.45) is 0 Å². The molecule has 0 aliphatic heterocycles. The number of benzene rings is 6. The maximum absolute atomic E-state index is 15.2. The lowest BCUT2D eigenvalue weighted by Crippen LogP contribution is -2.02. The molecule has 0 bridgehead atoms. The number of phenols is 2. The minimum atomic E-state index is -0.445. The van der Waals surface area contributed by atoms with Gasteiger partial charge in [0.05, 0.1) is 13.2 Å². The monoisotopic (exact) mass is 702 g/mol. The zero-order chi connectivity index (χ0) is 36.8. The van der Waals surface area contributed by atoms with E-state index in [1.54, 1.807) is 13.8 Å². The zero-order valence-corrected chi connectivity index (χ0v) is 30.6. The third-order valence-electron chi connectivity index (χ3n) is 9.84. The summed E-state index contributed by atoms with van der Waals surface area (Å²) in [5.41, 5.74) is 3.63. The summed E-state index contributed by atoms with van der Waals surface area (Å²) in [5.74, 6) is -0.126. The molecule has 0 aliphatic rings. The molecule has 0 aliphatic carbocycles. The van der Waals surface area contributed by atoms with Gasteiger partial charge in [-0.15, -0.1) is 0 Å². The summed E-state index contributed by atoms with van der Waals surface area (Å²) < 4.78 is 43.0. The third-order valence-corrected chi connectivity index (χ3v) is 9.84. The van der Waals surface area contributed by atoms with Crippen molar-refractivity contribution in [2.75, 3.05) is 13.2 Å². The number of rotatable bonds is 15. The molecule has 0 fully saturated rings. The Morgan fingerprint density at radius 2 is 0.904 bits per heavy atom. The fourth-order valence-corrected chi connectivity index (χ4v) is 7.24. The third kappa shape index (κ3) is 7.57. The summed E-state index contributed by atoms with van der Waals surface area (Å²) >= 11 is 0. The Labute approximate surface area is 305 Å². The first-order valence-corrected chi connectivity index (χ1v) is 18.6. The Morgan fingerprint density at radius 1 is 0.500 bits per heavy atom. The quantitative estimate of drug-likeness (QED) is 0.105. The van der Waals surface area contributed by atoms with Gasteiger partial charge in [0.2, 0.25) is 0 Å². The minimum Gasteiger partial charge on any atom is -0.507 e. The highest BCUT2D eigenvalue weighted by Crippen LogP contribution is 2.53. The zero-order valence-electron chi connectivity index (χ0n) is 30.6. The maximum atomic E-state index is 15.2. The van der Waals surface area contributed by atoms with E-state index in [2.05, 4.69) is 13.8 Å². The van der Waals surface area contributed by atoms with E-state index >= 15 is 8.78 Å². The number of aryl methyl sites for hydroxylation is 2. The van der Waals surface area contributed by atoms with Gasteiger partial charge in [-0.2, -0.15) is 0 Å². The van der Waals surface area contributed by atoms with Crippen LogP contribution in [0.2, 0.25) is 0 Å². The van der Waals surface area contributed by atoms with Crippen LogP contribution in [0.15, 0.2) is 84.9 Å². The van der Waals surface area contributed by atoms with Crippen molar-refractivity contribution in [3.8, 4) is 56.4 Å². The number of unbranched alkanes of at least 4 members (excludes halogenated alkanes) is 6. The molecule has 0 amide bonds. The number of halogens is 2. The van der Waals surface area contributed by atoms with Crippen molar-refractivity contribution in [1.29, 1.82) is 0 Å². The topological polar surface area (TPSA) is 58.9 Å². The molecule has 270 valence electrons. The average Bonchev–Trinajstić information content (AvgIpc) is 3.12. The Kier molecular flexibility index (Phi) is 11.6. The molecular formula is C46H48F2O4. The van der Waals surface area contributed by atoms with E-state index in [0.717, 1.165) is 62.1 Å². The first-order valence-electron chi connectivity index (χ1n) is 18.6. The van der Waals surface area contributed by atoms with Crippen molar-refractivity contribution >= 4 is 21.5 Å². The molecule has 0 saturated heterocycles. The summed E-state index contributed by atoms with van der Waals surface area (Å²) in [4.78, 5) is 0. The van der Waals surface area contributed by atoms with Gasteiger partial charge in [-0.05, 0) is 95.8 Å². The van der Waals surface area contributed by atoms with Gasteiger partial charge in [-0.1, -0.05) is 101 Å². The van der Waals surface area contributed by atoms with Gasteiger partial charge >= 0.3 is 0 Å². The molecule has 0 aromatic heterocycles. The highest BCUT2D eigenvalue weighted by atomic mass is 19.1. The summed E-state index contributed by atoms with van der Waals surface area (Å²) in [6, 6.07) is 24.6. The fourth-order valence-electron chi connectivity index (χ4n) is 7.24. The second-order valence-electron chi connectivity index (χ2n) is 13.8. The van der Waals surface area contributed by atoms with Crippen molar-refractivity contribution in [2.45, 2.75) is 79.1 Å². The van der Waals surface area contributed by atoms with Crippen LogP contribution in [0.25, 0.3) is 54.9 Å². The summed E-state index contributed by atoms with van der Waals surface area (Å²) in [6.45, 7) is 8.84. The molecule has 6 rings (SSSR count). The molecule has 0 unspecified atom stereocenters. The molecule has 4 nitrogen and oxygen atoms in total. The van der Waals surface area contributed by atoms with Crippen LogP contribution >= 0.6 is 0 Å². The van der Waals surface area contributed by atoms with E-state index in [0.29, 0.717) is 80.0 Å². The second kappa shape index (κ2) is 16.5. The van der Waals surface area contributed by atoms with Gasteiger partial charge in [0.25, 0.3) is 0 Å². The molecule has 0 spiro atoms. The molecule has 2 N–H and O–H groups in total. The maximum Gasteiger partial charge on any atom is 0.132 e. The van der Waals surface area contributed by atoms with Crippen LogP contribution in [0.4, 0.5) is 8.78 Å². The predicted octanol–water partition coefficient (Wildman–Crippen LogP) is 13.2. The lowest BCUT2D eigenvalue weighted by Gasteiger charge is -2.22. The molecule has 6 aromatic carbocycles. The van der Waals surface area contributed by atoms with Gasteiger partial charge in [0, 0.05) is 33.4 Å². The highest BCUT2D eigenvalue weighted by molar-refractivity contribution is 6.14. The second-order valence-corrected chi connectivity index (χ2v) is 13.8. The molecule has 0 radical (unpaired) electrons. The minimum absolute atomic E-state index is 0.125. The molecule has 52 heavy (non-hydrogen) atoms. The Hall–Kier alpha value is -5.10. The van der Waals surface area contributed by atoms with Crippen molar-refractivity contribution in [3.05, 3.63) is 108 Å². The highest BCUT2D eigenvalue weighted by Gasteiger charge is 2.26. The molecule has 0 saturated carbocycles. The van der Waals surface area contributed by atoms with E-state index in [4.69, 9.17) is 9.47 Å². The number of ether oxygens (including phenoxy) is 2. The van der Waals surface area contributed by atoms with Crippen LogP contribution in [0.1, 0.15) is 76.3 Å². The van der Waals surface area contributed by atoms with Crippen LogP contribution in [-0.2, 0) is 0 Å². The molecule has 6 heteroatoms. The summed E-state index contributed by atoms with van der Waals surface area (Å²) in [6.07, 6.45) is 8.17. The average molecular weight is 703 g/mol. The number of phenolic OH excluding ortho intramolecular Hbond substituents is 2. The number of hydrogen-bond donors (Lipinski definition) is 2.